The van der Waals surface area contributed by atoms with Gasteiger partial charge in [-0.2, -0.15) is 5.10 Å². The van der Waals surface area contributed by atoms with Crippen molar-refractivity contribution < 1.29 is 14.0 Å². The van der Waals surface area contributed by atoms with Gasteiger partial charge in [-0.15, -0.1) is 0 Å². The molecule has 2 N–H and O–H groups in total. The predicted molar refractivity (Wildman–Crippen MR) is 152 cm³/mol. The fourth-order valence-electron chi connectivity index (χ4n) is 4.95. The van der Waals surface area contributed by atoms with Gasteiger partial charge in [0, 0.05) is 37.3 Å². The maximum absolute atomic E-state index is 15.2. The largest absolute Gasteiger partial charge is 0.363 e. The van der Waals surface area contributed by atoms with E-state index in [0.717, 1.165) is 28.5 Å². The highest BCUT2D eigenvalue weighted by Crippen LogP contribution is 2.33. The quantitative estimate of drug-likeness (QED) is 0.213. The molecular formula is C31H30FN5O2. The summed E-state index contributed by atoms with van der Waals surface area (Å²) in [7, 11) is 0. The Balaban J connectivity index is 1.32. The van der Waals surface area contributed by atoms with Gasteiger partial charge in [0.1, 0.15) is 5.82 Å². The molecule has 0 spiro atoms. The van der Waals surface area contributed by atoms with Crippen LogP contribution >= 0.6 is 0 Å². The minimum Gasteiger partial charge on any atom is -0.363 e. The van der Waals surface area contributed by atoms with E-state index < -0.39 is 0 Å². The molecule has 4 aromatic rings. The Bertz CT molecular complexity index is 1570. The van der Waals surface area contributed by atoms with E-state index in [4.69, 9.17) is 0 Å². The first kappa shape index (κ1) is 26.0. The van der Waals surface area contributed by atoms with Crippen LogP contribution < -0.4 is 5.32 Å². The van der Waals surface area contributed by atoms with Crippen LogP contribution in [-0.2, 0) is 11.2 Å². The average Bonchev–Trinajstić information content (AvgIpc) is 3.59. The number of aromatic amines is 1. The minimum atomic E-state index is -0.365. The molecule has 2 aromatic heterocycles. The van der Waals surface area contributed by atoms with Crippen LogP contribution in [0, 0.1) is 5.82 Å². The summed E-state index contributed by atoms with van der Waals surface area (Å²) in [6.45, 7) is 10.6. The van der Waals surface area contributed by atoms with E-state index >= 15 is 4.39 Å². The van der Waals surface area contributed by atoms with Gasteiger partial charge in [-0.05, 0) is 60.2 Å². The summed E-state index contributed by atoms with van der Waals surface area (Å²) in [5, 5.41) is 11.5. The molecule has 1 aliphatic heterocycles. The number of hydrogen-bond donors (Lipinski definition) is 2. The van der Waals surface area contributed by atoms with Crippen molar-refractivity contribution in [3.8, 4) is 11.1 Å². The summed E-state index contributed by atoms with van der Waals surface area (Å²) < 4.78 is 15.2. The first-order valence-electron chi connectivity index (χ1n) is 12.9. The number of ketones is 1. The monoisotopic (exact) mass is 523 g/mol. The maximum atomic E-state index is 15.2. The van der Waals surface area contributed by atoms with Crippen molar-refractivity contribution in [1.29, 1.82) is 0 Å². The van der Waals surface area contributed by atoms with E-state index in [-0.39, 0.29) is 30.0 Å². The van der Waals surface area contributed by atoms with Crippen LogP contribution in [0.15, 0.2) is 74.0 Å². The van der Waals surface area contributed by atoms with Crippen LogP contribution in [0.1, 0.15) is 41.3 Å². The van der Waals surface area contributed by atoms with Gasteiger partial charge in [0.25, 0.3) is 0 Å². The zero-order valence-electron chi connectivity index (χ0n) is 21.8. The van der Waals surface area contributed by atoms with Crippen LogP contribution in [-0.4, -0.2) is 50.9 Å². The van der Waals surface area contributed by atoms with Gasteiger partial charge >= 0.3 is 0 Å². The minimum absolute atomic E-state index is 0.0297. The summed E-state index contributed by atoms with van der Waals surface area (Å²) in [6, 6.07) is 14.3. The van der Waals surface area contributed by atoms with Gasteiger partial charge in [-0.25, -0.2) is 9.37 Å². The Morgan fingerprint density at radius 1 is 1.18 bits per heavy atom. The number of allylic oxidation sites excluding steroid dienone is 1. The third-order valence-electron chi connectivity index (χ3n) is 7.16. The number of fused-ring (bicyclic) bond motifs is 1. The molecule has 7 nitrogen and oxygen atoms in total. The summed E-state index contributed by atoms with van der Waals surface area (Å²) in [5.74, 6) is 0.123. The molecule has 8 heteroatoms. The summed E-state index contributed by atoms with van der Waals surface area (Å²) in [4.78, 5) is 30.8. The number of halogens is 1. The van der Waals surface area contributed by atoms with Crippen LogP contribution in [0.3, 0.4) is 0 Å². The molecule has 39 heavy (non-hydrogen) atoms. The Kier molecular flexibility index (Phi) is 7.36. The van der Waals surface area contributed by atoms with Crippen molar-refractivity contribution in [1.82, 2.24) is 20.1 Å². The topological polar surface area (TPSA) is 91.0 Å². The number of hydrogen-bond acceptors (Lipinski definition) is 5. The average molecular weight is 524 g/mol. The van der Waals surface area contributed by atoms with Gasteiger partial charge in [0.2, 0.25) is 5.91 Å². The molecule has 1 aliphatic rings. The van der Waals surface area contributed by atoms with E-state index in [2.05, 4.69) is 33.7 Å². The lowest BCUT2D eigenvalue weighted by Gasteiger charge is -2.15. The number of benzene rings is 2. The second-order valence-electron chi connectivity index (χ2n) is 9.86. The van der Waals surface area contributed by atoms with Crippen LogP contribution in [0.2, 0.25) is 0 Å². The molecule has 0 unspecified atom stereocenters. The lowest BCUT2D eigenvalue weighted by atomic mass is 9.97. The molecule has 5 rings (SSSR count). The molecule has 0 bridgehead atoms. The molecule has 198 valence electrons. The number of Topliss-reactive ketones (excluding diaryl/α,β-unsaturated/α-hetero) is 1. The van der Waals surface area contributed by atoms with Crippen molar-refractivity contribution >= 4 is 34.1 Å². The van der Waals surface area contributed by atoms with Crippen molar-refractivity contribution in [3.63, 3.8) is 0 Å². The molecule has 1 atom stereocenters. The number of anilines is 1. The Hall–Kier alpha value is -4.59. The zero-order valence-corrected chi connectivity index (χ0v) is 21.8. The lowest BCUT2D eigenvalue weighted by molar-refractivity contribution is -0.125. The van der Waals surface area contributed by atoms with E-state index in [9.17, 15) is 9.59 Å². The second-order valence-corrected chi connectivity index (χ2v) is 9.86. The SMILES string of the molecule is C=CC(=O)N1CC[C@@H](Nc2n[nH]c3nccc(-c4ccc(CCC(=O)c5ccc(C(=C)C)cc5)c(F)c4)c23)C1. The number of likely N-dealkylation sites (tertiary alicyclic amines) is 1. The number of carbonyl (C=O) groups is 2. The zero-order chi connectivity index (χ0) is 27.5. The number of aromatic nitrogens is 3. The number of nitrogens with zero attached hydrogens (tertiary/aromatic N) is 3. The van der Waals surface area contributed by atoms with Crippen molar-refractivity contribution in [3.05, 3.63) is 96.5 Å². The Labute approximate surface area is 226 Å². The summed E-state index contributed by atoms with van der Waals surface area (Å²) in [5.41, 5.74) is 5.07. The molecule has 0 radical (unpaired) electrons. The molecule has 0 saturated carbocycles. The third-order valence-corrected chi connectivity index (χ3v) is 7.16. The number of nitrogens with one attached hydrogen (secondary N) is 2. The van der Waals surface area contributed by atoms with Crippen LogP contribution in [0.5, 0.6) is 0 Å². The van der Waals surface area contributed by atoms with Gasteiger partial charge in [-0.3, -0.25) is 14.7 Å². The van der Waals surface area contributed by atoms with Crippen LogP contribution in [0.25, 0.3) is 27.7 Å². The van der Waals surface area contributed by atoms with E-state index in [1.165, 1.54) is 12.1 Å². The normalized spacial score (nSPS) is 14.9. The number of rotatable bonds is 9. The second kappa shape index (κ2) is 11.0. The number of pyridine rings is 1. The van der Waals surface area contributed by atoms with Gasteiger partial charge < -0.3 is 10.2 Å². The first-order valence-corrected chi connectivity index (χ1v) is 12.9. The number of H-pyrrole nitrogens is 1. The summed E-state index contributed by atoms with van der Waals surface area (Å²) in [6.07, 6.45) is 4.28. The third kappa shape index (κ3) is 5.50. The van der Waals surface area contributed by atoms with E-state index in [1.54, 1.807) is 29.3 Å². The van der Waals surface area contributed by atoms with Crippen LogP contribution in [0.4, 0.5) is 10.2 Å². The molecule has 3 heterocycles. The highest BCUT2D eigenvalue weighted by molar-refractivity contribution is 6.00. The summed E-state index contributed by atoms with van der Waals surface area (Å²) >= 11 is 0. The smallest absolute Gasteiger partial charge is 0.246 e. The fraction of sp³-hybridized carbons (Fsp3) is 0.226. The van der Waals surface area contributed by atoms with Crippen molar-refractivity contribution in [2.45, 2.75) is 32.2 Å². The molecule has 2 aromatic carbocycles. The number of carbonyl (C=O) groups excluding carboxylic acids is 2. The van der Waals surface area contributed by atoms with Crippen molar-refractivity contribution in [2.75, 3.05) is 18.4 Å². The molecule has 1 amide bonds. The maximum Gasteiger partial charge on any atom is 0.246 e. The Morgan fingerprint density at radius 3 is 2.67 bits per heavy atom. The van der Waals surface area contributed by atoms with E-state index in [0.29, 0.717) is 47.7 Å². The van der Waals surface area contributed by atoms with Gasteiger partial charge in [0.15, 0.2) is 17.2 Å². The molecule has 0 aliphatic carbocycles. The van der Waals surface area contributed by atoms with Gasteiger partial charge in [0.05, 0.1) is 5.39 Å². The molecular weight excluding hydrogens is 493 g/mol. The van der Waals surface area contributed by atoms with E-state index in [1.807, 2.05) is 31.2 Å². The highest BCUT2D eigenvalue weighted by atomic mass is 19.1. The standard InChI is InChI=1S/C31H30FN5O2/c1-4-28(39)37-16-14-24(18-37)34-31-29-25(13-15-33-30(29)35-36-31)23-10-7-21(26(32)17-23)11-12-27(38)22-8-5-20(6-9-22)19(2)3/h4-10,13,15,17,24H,1-2,11-12,14,16,18H2,3H3,(H2,33,34,35,36)/t24-/m1/s1. The fourth-order valence-corrected chi connectivity index (χ4v) is 4.95. The molecule has 1 saturated heterocycles. The highest BCUT2D eigenvalue weighted by Gasteiger charge is 2.26. The first-order chi connectivity index (χ1) is 18.8. The Morgan fingerprint density at radius 2 is 1.95 bits per heavy atom. The van der Waals surface area contributed by atoms with Gasteiger partial charge in [-0.1, -0.05) is 55.1 Å². The van der Waals surface area contributed by atoms with Crippen molar-refractivity contribution in [2.24, 2.45) is 0 Å². The predicted octanol–water partition coefficient (Wildman–Crippen LogP) is 5.81. The number of amides is 1. The molecule has 1 fully saturated rings. The lowest BCUT2D eigenvalue weighted by Crippen LogP contribution is -2.30. The number of aryl methyl sites for hydroxylation is 1.